The first-order valence-corrected chi connectivity index (χ1v) is 9.87. The minimum Gasteiger partial charge on any atom is -0.494 e. The van der Waals surface area contributed by atoms with Gasteiger partial charge >= 0.3 is 0 Å². The Labute approximate surface area is 154 Å². The molecule has 0 atom stereocenters. The van der Waals surface area contributed by atoms with Crippen molar-refractivity contribution in [3.63, 3.8) is 0 Å². The zero-order valence-electron chi connectivity index (χ0n) is 13.4. The fourth-order valence-corrected chi connectivity index (χ4v) is 3.58. The number of benzene rings is 2. The van der Waals surface area contributed by atoms with E-state index in [1.165, 1.54) is 12.1 Å². The van der Waals surface area contributed by atoms with Gasteiger partial charge in [-0.15, -0.1) is 0 Å². The molecule has 1 aromatic heterocycles. The lowest BCUT2D eigenvalue weighted by atomic mass is 9.99. The first kappa shape index (κ1) is 17.7. The van der Waals surface area contributed by atoms with Crippen molar-refractivity contribution >= 4 is 26.0 Å². The summed E-state index contributed by atoms with van der Waals surface area (Å²) in [4.78, 5) is 0.0708. The molecule has 0 aliphatic heterocycles. The topological polar surface area (TPSA) is 82.5 Å². The molecule has 0 radical (unpaired) electrons. The van der Waals surface area contributed by atoms with Gasteiger partial charge in [-0.05, 0) is 58.2 Å². The third kappa shape index (κ3) is 3.78. The number of hydrogen-bond acceptors (Lipinski definition) is 4. The summed E-state index contributed by atoms with van der Waals surface area (Å²) in [6, 6.07) is 14.1. The molecule has 130 valence electrons. The van der Waals surface area contributed by atoms with E-state index in [2.05, 4.69) is 15.9 Å². The number of sulfonamides is 1. The molecule has 3 rings (SSSR count). The highest BCUT2D eigenvalue weighted by molar-refractivity contribution is 9.10. The predicted molar refractivity (Wildman–Crippen MR) is 99.8 cm³/mol. The Kier molecular flexibility index (Phi) is 4.99. The van der Waals surface area contributed by atoms with Crippen LogP contribution in [0.4, 0.5) is 0 Å². The van der Waals surface area contributed by atoms with Crippen LogP contribution in [0.3, 0.4) is 0 Å². The largest absolute Gasteiger partial charge is 0.494 e. The second kappa shape index (κ2) is 7.03. The van der Waals surface area contributed by atoms with E-state index >= 15 is 0 Å². The highest BCUT2D eigenvalue weighted by Crippen LogP contribution is 2.40. The van der Waals surface area contributed by atoms with Crippen LogP contribution in [0.5, 0.6) is 5.75 Å². The van der Waals surface area contributed by atoms with Gasteiger partial charge in [0, 0.05) is 11.1 Å². The third-order valence-corrected chi connectivity index (χ3v) is 5.21. The van der Waals surface area contributed by atoms with Crippen molar-refractivity contribution in [1.29, 1.82) is 0 Å². The van der Waals surface area contributed by atoms with Crippen LogP contribution < -0.4 is 9.88 Å². The molecule has 2 aromatic carbocycles. The molecule has 1 heterocycles. The highest BCUT2D eigenvalue weighted by Gasteiger charge is 2.16. The zero-order valence-corrected chi connectivity index (χ0v) is 15.8. The fraction of sp³-hybridized carbons (Fsp3) is 0.111. The second-order valence-corrected chi connectivity index (χ2v) is 7.61. The first-order valence-electron chi connectivity index (χ1n) is 7.53. The quantitative estimate of drug-likeness (QED) is 0.660. The lowest BCUT2D eigenvalue weighted by molar-refractivity contribution is 0.340. The molecule has 0 amide bonds. The summed E-state index contributed by atoms with van der Waals surface area (Å²) in [7, 11) is -3.72. The Bertz CT molecular complexity index is 977. The van der Waals surface area contributed by atoms with Crippen LogP contribution in [0.2, 0.25) is 0 Å². The molecule has 0 fully saturated rings. The number of halogens is 1. The molecule has 2 N–H and O–H groups in total. The number of furan rings is 1. The minimum absolute atomic E-state index is 0.0708. The van der Waals surface area contributed by atoms with Crippen LogP contribution in [-0.2, 0) is 10.0 Å². The van der Waals surface area contributed by atoms with Gasteiger partial charge in [-0.25, -0.2) is 13.6 Å². The van der Waals surface area contributed by atoms with Gasteiger partial charge in [-0.2, -0.15) is 0 Å². The standard InChI is InChI=1S/C18H16BrNO4S/c1-2-23-14-7-3-13(4-8-14)17-16(11-24-18(17)19)12-5-9-15(10-6-12)25(20,21)22/h3-11H,2H2,1H3,(H2,20,21,22). The van der Waals surface area contributed by atoms with E-state index in [-0.39, 0.29) is 4.90 Å². The Morgan fingerprint density at radius 1 is 1.04 bits per heavy atom. The van der Waals surface area contributed by atoms with Crippen LogP contribution in [0, 0.1) is 0 Å². The summed E-state index contributed by atoms with van der Waals surface area (Å²) in [5, 5.41) is 5.14. The lowest BCUT2D eigenvalue weighted by Gasteiger charge is -2.07. The number of nitrogens with two attached hydrogens (primary N) is 1. The average Bonchev–Trinajstić information content (AvgIpc) is 2.97. The van der Waals surface area contributed by atoms with Crippen molar-refractivity contribution in [3.05, 3.63) is 59.5 Å². The molecular weight excluding hydrogens is 406 g/mol. The molecule has 3 aromatic rings. The fourth-order valence-electron chi connectivity index (χ4n) is 2.52. The Hall–Kier alpha value is -2.09. The normalized spacial score (nSPS) is 11.5. The van der Waals surface area contributed by atoms with E-state index in [0.29, 0.717) is 11.3 Å². The van der Waals surface area contributed by atoms with Gasteiger partial charge in [0.15, 0.2) is 4.67 Å². The lowest BCUT2D eigenvalue weighted by Crippen LogP contribution is -2.11. The van der Waals surface area contributed by atoms with Crippen LogP contribution in [-0.4, -0.2) is 15.0 Å². The van der Waals surface area contributed by atoms with Crippen LogP contribution >= 0.6 is 15.9 Å². The van der Waals surface area contributed by atoms with Gasteiger partial charge in [0.1, 0.15) is 12.0 Å². The highest BCUT2D eigenvalue weighted by atomic mass is 79.9. The molecule has 5 nitrogen and oxygen atoms in total. The van der Waals surface area contributed by atoms with E-state index in [0.717, 1.165) is 28.0 Å². The van der Waals surface area contributed by atoms with Crippen LogP contribution in [0.1, 0.15) is 6.92 Å². The minimum atomic E-state index is -3.72. The van der Waals surface area contributed by atoms with Crippen molar-refractivity contribution in [2.45, 2.75) is 11.8 Å². The van der Waals surface area contributed by atoms with Gasteiger partial charge in [0.2, 0.25) is 10.0 Å². The van der Waals surface area contributed by atoms with Crippen molar-refractivity contribution < 1.29 is 17.6 Å². The van der Waals surface area contributed by atoms with E-state index in [4.69, 9.17) is 14.3 Å². The van der Waals surface area contributed by atoms with Gasteiger partial charge in [-0.3, -0.25) is 0 Å². The molecule has 0 bridgehead atoms. The average molecular weight is 422 g/mol. The van der Waals surface area contributed by atoms with Gasteiger partial charge < -0.3 is 9.15 Å². The Morgan fingerprint density at radius 3 is 2.20 bits per heavy atom. The van der Waals surface area contributed by atoms with E-state index in [1.54, 1.807) is 18.4 Å². The third-order valence-electron chi connectivity index (χ3n) is 3.69. The van der Waals surface area contributed by atoms with Gasteiger partial charge in [0.05, 0.1) is 11.5 Å². The summed E-state index contributed by atoms with van der Waals surface area (Å²) in [6.07, 6.45) is 1.63. The summed E-state index contributed by atoms with van der Waals surface area (Å²) in [5.74, 6) is 0.796. The van der Waals surface area contributed by atoms with Crippen molar-refractivity contribution in [1.82, 2.24) is 0 Å². The van der Waals surface area contributed by atoms with E-state index < -0.39 is 10.0 Å². The zero-order chi connectivity index (χ0) is 18.0. The monoisotopic (exact) mass is 421 g/mol. The van der Waals surface area contributed by atoms with Gasteiger partial charge in [0.25, 0.3) is 0 Å². The molecule has 0 spiro atoms. The molecule has 0 aliphatic rings. The molecular formula is C18H16BrNO4S. The molecule has 0 saturated carbocycles. The summed E-state index contributed by atoms with van der Waals surface area (Å²) >= 11 is 3.43. The SMILES string of the molecule is CCOc1ccc(-c2c(-c3ccc(S(N)(=O)=O)cc3)coc2Br)cc1. The maximum absolute atomic E-state index is 11.4. The van der Waals surface area contributed by atoms with Crippen molar-refractivity contribution in [3.8, 4) is 28.0 Å². The molecule has 0 unspecified atom stereocenters. The van der Waals surface area contributed by atoms with Gasteiger partial charge in [-0.1, -0.05) is 24.3 Å². The molecule has 0 aliphatic carbocycles. The van der Waals surface area contributed by atoms with Crippen molar-refractivity contribution in [2.75, 3.05) is 6.61 Å². The summed E-state index contributed by atoms with van der Waals surface area (Å²) in [5.41, 5.74) is 3.50. The molecule has 0 saturated heterocycles. The molecule has 7 heteroatoms. The van der Waals surface area contributed by atoms with Crippen molar-refractivity contribution in [2.24, 2.45) is 5.14 Å². The Morgan fingerprint density at radius 2 is 1.64 bits per heavy atom. The summed E-state index contributed by atoms with van der Waals surface area (Å²) in [6.45, 7) is 2.54. The maximum atomic E-state index is 11.4. The Balaban J connectivity index is 2.02. The predicted octanol–water partition coefficient (Wildman–Crippen LogP) is 4.42. The number of rotatable bonds is 5. The number of hydrogen-bond donors (Lipinski definition) is 1. The van der Waals surface area contributed by atoms with E-state index in [1.807, 2.05) is 31.2 Å². The van der Waals surface area contributed by atoms with Crippen LogP contribution in [0.15, 0.2) is 68.8 Å². The molecule has 25 heavy (non-hydrogen) atoms. The second-order valence-electron chi connectivity index (χ2n) is 5.32. The maximum Gasteiger partial charge on any atom is 0.238 e. The van der Waals surface area contributed by atoms with Crippen LogP contribution in [0.25, 0.3) is 22.3 Å². The number of primary sulfonamides is 1. The first-order chi connectivity index (χ1) is 11.9. The summed E-state index contributed by atoms with van der Waals surface area (Å²) < 4.78 is 34.4. The smallest absolute Gasteiger partial charge is 0.238 e. The van der Waals surface area contributed by atoms with E-state index in [9.17, 15) is 8.42 Å². The number of ether oxygens (including phenoxy) is 1.